The van der Waals surface area contributed by atoms with E-state index in [1.807, 2.05) is 23.6 Å². The highest BCUT2D eigenvalue weighted by atomic mass is 35.5. The third-order valence-electron chi connectivity index (χ3n) is 3.59. The third kappa shape index (κ3) is 3.51. The van der Waals surface area contributed by atoms with Crippen LogP contribution in [0.4, 0.5) is 10.8 Å². The van der Waals surface area contributed by atoms with Crippen LogP contribution in [0.5, 0.6) is 11.5 Å². The van der Waals surface area contributed by atoms with Crippen molar-refractivity contribution in [2.75, 3.05) is 18.5 Å². The Bertz CT molecular complexity index is 946. The van der Waals surface area contributed by atoms with Crippen LogP contribution in [-0.4, -0.2) is 18.2 Å². The molecule has 2 heterocycles. The highest BCUT2D eigenvalue weighted by Crippen LogP contribution is 2.37. The Kier molecular flexibility index (Phi) is 4.65. The van der Waals surface area contributed by atoms with Crippen LogP contribution in [-0.2, 0) is 0 Å². The fourth-order valence-corrected chi connectivity index (χ4v) is 3.73. The van der Waals surface area contributed by atoms with Crippen molar-refractivity contribution in [3.63, 3.8) is 0 Å². The maximum absolute atomic E-state index is 6.20. The van der Waals surface area contributed by atoms with Crippen LogP contribution < -0.4 is 14.8 Å². The van der Waals surface area contributed by atoms with Crippen LogP contribution in [0, 0.1) is 0 Å². The first-order valence-corrected chi connectivity index (χ1v) is 9.38. The molecule has 1 N–H and O–H groups in total. The van der Waals surface area contributed by atoms with Gasteiger partial charge in [-0.05, 0) is 30.3 Å². The van der Waals surface area contributed by atoms with Gasteiger partial charge in [-0.15, -0.1) is 11.3 Å². The Balaban J connectivity index is 1.59. The number of ether oxygens (including phenoxy) is 2. The first kappa shape index (κ1) is 16.8. The summed E-state index contributed by atoms with van der Waals surface area (Å²) in [6.45, 7) is 1.12. The molecule has 1 aliphatic rings. The molecule has 2 aromatic carbocycles. The fraction of sp³-hybridized carbons (Fsp3) is 0.118. The topological polar surface area (TPSA) is 43.4 Å². The van der Waals surface area contributed by atoms with E-state index in [1.165, 1.54) is 11.3 Å². The van der Waals surface area contributed by atoms with E-state index in [0.29, 0.717) is 39.1 Å². The van der Waals surface area contributed by atoms with Crippen molar-refractivity contribution in [1.29, 1.82) is 0 Å². The lowest BCUT2D eigenvalue weighted by Gasteiger charge is -2.18. The monoisotopic (exact) mass is 412 g/mol. The van der Waals surface area contributed by atoms with Crippen molar-refractivity contribution >= 4 is 57.0 Å². The predicted molar refractivity (Wildman–Crippen MR) is 103 cm³/mol. The maximum Gasteiger partial charge on any atom is 0.187 e. The number of nitrogens with zero attached hydrogens (tertiary/aromatic N) is 1. The van der Waals surface area contributed by atoms with Crippen LogP contribution in [0.15, 0.2) is 35.7 Å². The lowest BCUT2D eigenvalue weighted by atomic mass is 10.1. The Hall–Kier alpha value is -1.66. The molecule has 0 radical (unpaired) electrons. The van der Waals surface area contributed by atoms with E-state index < -0.39 is 0 Å². The average molecular weight is 414 g/mol. The number of halogens is 3. The molecule has 4 nitrogen and oxygen atoms in total. The zero-order valence-corrected chi connectivity index (χ0v) is 15.8. The summed E-state index contributed by atoms with van der Waals surface area (Å²) in [6.07, 6.45) is 0. The number of hydrogen-bond acceptors (Lipinski definition) is 5. The van der Waals surface area contributed by atoms with Gasteiger partial charge in [-0.3, -0.25) is 0 Å². The number of rotatable bonds is 3. The number of fused-ring (bicyclic) bond motifs is 1. The van der Waals surface area contributed by atoms with Crippen molar-refractivity contribution < 1.29 is 9.47 Å². The minimum Gasteiger partial charge on any atom is -0.486 e. The standard InChI is InChI=1S/C17H11Cl3N2O2S/c18-10-6-12(20)13(7-11(10)19)21-17-22-14(8-25-17)9-1-2-15-16(5-9)24-4-3-23-15/h1-2,5-8H,3-4H2,(H,21,22). The van der Waals surface area contributed by atoms with E-state index in [9.17, 15) is 0 Å². The number of nitrogens with one attached hydrogen (secondary N) is 1. The van der Waals surface area contributed by atoms with Crippen LogP contribution in [0.3, 0.4) is 0 Å². The van der Waals surface area contributed by atoms with Gasteiger partial charge in [0.15, 0.2) is 16.6 Å². The van der Waals surface area contributed by atoms with Gasteiger partial charge in [0, 0.05) is 10.9 Å². The Morgan fingerprint density at radius 3 is 2.52 bits per heavy atom. The van der Waals surface area contributed by atoms with E-state index in [0.717, 1.165) is 22.8 Å². The molecule has 1 aromatic heterocycles. The molecule has 8 heteroatoms. The van der Waals surface area contributed by atoms with Gasteiger partial charge in [0.25, 0.3) is 0 Å². The van der Waals surface area contributed by atoms with Crippen molar-refractivity contribution in [2.45, 2.75) is 0 Å². The summed E-state index contributed by atoms with van der Waals surface area (Å²) in [6, 6.07) is 9.06. The molecule has 0 unspecified atom stereocenters. The second-order valence-corrected chi connectivity index (χ2v) is 7.35. The molecule has 25 heavy (non-hydrogen) atoms. The number of aromatic nitrogens is 1. The molecule has 4 rings (SSSR count). The van der Waals surface area contributed by atoms with Crippen LogP contribution in [0.2, 0.25) is 15.1 Å². The fourth-order valence-electron chi connectivity index (χ4n) is 2.40. The maximum atomic E-state index is 6.20. The summed E-state index contributed by atoms with van der Waals surface area (Å²) in [4.78, 5) is 4.59. The van der Waals surface area contributed by atoms with Gasteiger partial charge in [0.1, 0.15) is 13.2 Å². The molecule has 3 aromatic rings. The van der Waals surface area contributed by atoms with Crippen molar-refractivity contribution in [2.24, 2.45) is 0 Å². The summed E-state index contributed by atoms with van der Waals surface area (Å²) >= 11 is 19.7. The molecule has 128 valence electrons. The Morgan fingerprint density at radius 2 is 1.68 bits per heavy atom. The van der Waals surface area contributed by atoms with Gasteiger partial charge < -0.3 is 14.8 Å². The van der Waals surface area contributed by atoms with E-state index in [4.69, 9.17) is 44.3 Å². The summed E-state index contributed by atoms with van der Waals surface area (Å²) in [7, 11) is 0. The molecule has 0 fully saturated rings. The minimum atomic E-state index is 0.410. The Labute approximate surface area is 163 Å². The van der Waals surface area contributed by atoms with Gasteiger partial charge in [-0.2, -0.15) is 0 Å². The molecule has 0 saturated heterocycles. The molecule has 0 amide bonds. The molecular weight excluding hydrogens is 403 g/mol. The SMILES string of the molecule is Clc1cc(Cl)c(Nc2nc(-c3ccc4c(c3)OCCO4)cs2)cc1Cl. The highest BCUT2D eigenvalue weighted by molar-refractivity contribution is 7.14. The molecule has 0 spiro atoms. The quantitative estimate of drug-likeness (QED) is 0.513. The minimum absolute atomic E-state index is 0.410. The molecule has 0 atom stereocenters. The van der Waals surface area contributed by atoms with Crippen LogP contribution in [0.25, 0.3) is 11.3 Å². The van der Waals surface area contributed by atoms with Gasteiger partial charge in [-0.1, -0.05) is 34.8 Å². The van der Waals surface area contributed by atoms with Crippen molar-refractivity contribution in [3.05, 3.63) is 50.8 Å². The smallest absolute Gasteiger partial charge is 0.187 e. The zero-order valence-electron chi connectivity index (χ0n) is 12.7. The number of benzene rings is 2. The summed E-state index contributed by atoms with van der Waals surface area (Å²) in [5.41, 5.74) is 2.44. The zero-order chi connectivity index (χ0) is 17.4. The third-order valence-corrected chi connectivity index (χ3v) is 5.39. The second kappa shape index (κ2) is 6.92. The van der Waals surface area contributed by atoms with Gasteiger partial charge >= 0.3 is 0 Å². The van der Waals surface area contributed by atoms with E-state index in [2.05, 4.69) is 10.3 Å². The van der Waals surface area contributed by atoms with Crippen LogP contribution in [0.1, 0.15) is 0 Å². The summed E-state index contributed by atoms with van der Waals surface area (Å²) in [5.74, 6) is 1.49. The largest absolute Gasteiger partial charge is 0.486 e. The van der Waals surface area contributed by atoms with E-state index >= 15 is 0 Å². The van der Waals surface area contributed by atoms with Crippen LogP contribution >= 0.6 is 46.1 Å². The lowest BCUT2D eigenvalue weighted by molar-refractivity contribution is 0.171. The molecule has 0 saturated carbocycles. The first-order valence-electron chi connectivity index (χ1n) is 7.37. The molecular formula is C17H11Cl3N2O2S. The van der Waals surface area contributed by atoms with Gasteiger partial charge in [0.05, 0.1) is 26.4 Å². The summed E-state index contributed by atoms with van der Waals surface area (Å²) in [5, 5.41) is 7.14. The second-order valence-electron chi connectivity index (χ2n) is 5.27. The highest BCUT2D eigenvalue weighted by Gasteiger charge is 2.14. The van der Waals surface area contributed by atoms with Crippen molar-refractivity contribution in [3.8, 4) is 22.8 Å². The Morgan fingerprint density at radius 1 is 0.920 bits per heavy atom. The lowest BCUT2D eigenvalue weighted by Crippen LogP contribution is -2.15. The van der Waals surface area contributed by atoms with Crippen molar-refractivity contribution in [1.82, 2.24) is 4.98 Å². The first-order chi connectivity index (χ1) is 12.1. The normalized spacial score (nSPS) is 12.9. The van der Waals surface area contributed by atoms with Gasteiger partial charge in [-0.25, -0.2) is 4.98 Å². The predicted octanol–water partition coefficient (Wildman–Crippen LogP) is 6.29. The molecule has 0 aliphatic carbocycles. The molecule has 1 aliphatic heterocycles. The van der Waals surface area contributed by atoms with E-state index in [1.54, 1.807) is 12.1 Å². The number of anilines is 2. The number of hydrogen-bond donors (Lipinski definition) is 1. The van der Waals surface area contributed by atoms with E-state index in [-0.39, 0.29) is 0 Å². The number of thiazole rings is 1. The molecule has 0 bridgehead atoms. The summed E-state index contributed by atoms with van der Waals surface area (Å²) < 4.78 is 11.2. The average Bonchev–Trinajstić information content (AvgIpc) is 3.08. The van der Waals surface area contributed by atoms with Gasteiger partial charge in [0.2, 0.25) is 0 Å².